The molecule has 0 amide bonds. The van der Waals surface area contributed by atoms with Gasteiger partial charge in [-0.15, -0.1) is 0 Å². The van der Waals surface area contributed by atoms with E-state index >= 15 is 0 Å². The van der Waals surface area contributed by atoms with Gasteiger partial charge in [-0.3, -0.25) is 0 Å². The summed E-state index contributed by atoms with van der Waals surface area (Å²) >= 11 is 0. The van der Waals surface area contributed by atoms with Crippen LogP contribution in [0.25, 0.3) is 0 Å². The number of unbranched alkanes of at least 4 members (excludes halogenated alkanes) is 1. The highest BCUT2D eigenvalue weighted by Crippen LogP contribution is 2.07. The number of nitrogens with one attached hydrogen (secondary N) is 1. The third kappa shape index (κ3) is 6.91. The summed E-state index contributed by atoms with van der Waals surface area (Å²) < 4.78 is 0. The highest BCUT2D eigenvalue weighted by molar-refractivity contribution is 4.81. The number of rotatable bonds is 8. The standard InChI is InChI=1S/C12H24N2/c1-4-6-8-12(7-5-2)14-10-11(3)9-13/h11-12,14H,4-8,10H2,1-3H3. The second kappa shape index (κ2) is 9.02. The van der Waals surface area contributed by atoms with Crippen molar-refractivity contribution in [2.45, 2.75) is 58.9 Å². The van der Waals surface area contributed by atoms with Crippen molar-refractivity contribution in [3.05, 3.63) is 0 Å². The maximum Gasteiger partial charge on any atom is 0.0666 e. The fourth-order valence-corrected chi connectivity index (χ4v) is 1.54. The fraction of sp³-hybridized carbons (Fsp3) is 0.917. The molecule has 0 aromatic carbocycles. The second-order valence-corrected chi connectivity index (χ2v) is 4.07. The summed E-state index contributed by atoms with van der Waals surface area (Å²) in [4.78, 5) is 0. The lowest BCUT2D eigenvalue weighted by Crippen LogP contribution is -2.32. The van der Waals surface area contributed by atoms with Crippen molar-refractivity contribution in [3.63, 3.8) is 0 Å². The zero-order valence-corrected chi connectivity index (χ0v) is 9.84. The Morgan fingerprint density at radius 2 is 1.93 bits per heavy atom. The Morgan fingerprint density at radius 1 is 1.21 bits per heavy atom. The number of hydrogen-bond acceptors (Lipinski definition) is 2. The van der Waals surface area contributed by atoms with E-state index in [1.54, 1.807) is 0 Å². The lowest BCUT2D eigenvalue weighted by molar-refractivity contribution is 0.420. The predicted molar refractivity (Wildman–Crippen MR) is 61.0 cm³/mol. The molecule has 2 heteroatoms. The highest BCUT2D eigenvalue weighted by atomic mass is 14.9. The lowest BCUT2D eigenvalue weighted by atomic mass is 10.0. The molecule has 0 radical (unpaired) electrons. The number of nitrogens with zero attached hydrogens (tertiary/aromatic N) is 1. The molecular weight excluding hydrogens is 172 g/mol. The van der Waals surface area contributed by atoms with E-state index in [2.05, 4.69) is 25.2 Å². The molecule has 2 unspecified atom stereocenters. The summed E-state index contributed by atoms with van der Waals surface area (Å²) in [6.45, 7) is 7.25. The van der Waals surface area contributed by atoms with E-state index < -0.39 is 0 Å². The van der Waals surface area contributed by atoms with Gasteiger partial charge in [0.1, 0.15) is 0 Å². The van der Waals surface area contributed by atoms with E-state index in [1.165, 1.54) is 32.1 Å². The van der Waals surface area contributed by atoms with Crippen LogP contribution in [0.1, 0.15) is 52.9 Å². The van der Waals surface area contributed by atoms with Crippen molar-refractivity contribution in [1.29, 1.82) is 5.26 Å². The average molecular weight is 196 g/mol. The average Bonchev–Trinajstić information content (AvgIpc) is 2.21. The Bertz CT molecular complexity index is 160. The van der Waals surface area contributed by atoms with E-state index in [4.69, 9.17) is 5.26 Å². The molecule has 0 aliphatic rings. The monoisotopic (exact) mass is 196 g/mol. The molecule has 82 valence electrons. The molecule has 0 saturated heterocycles. The third-order valence-corrected chi connectivity index (χ3v) is 2.48. The molecule has 14 heavy (non-hydrogen) atoms. The van der Waals surface area contributed by atoms with Crippen molar-refractivity contribution in [2.24, 2.45) is 5.92 Å². The largest absolute Gasteiger partial charge is 0.313 e. The maximum absolute atomic E-state index is 8.66. The number of nitriles is 1. The lowest BCUT2D eigenvalue weighted by Gasteiger charge is -2.18. The smallest absolute Gasteiger partial charge is 0.0666 e. The second-order valence-electron chi connectivity index (χ2n) is 4.07. The third-order valence-electron chi connectivity index (χ3n) is 2.48. The van der Waals surface area contributed by atoms with Crippen LogP contribution in [0.5, 0.6) is 0 Å². The van der Waals surface area contributed by atoms with Gasteiger partial charge in [0.05, 0.1) is 12.0 Å². The van der Waals surface area contributed by atoms with Crippen molar-refractivity contribution in [1.82, 2.24) is 5.32 Å². The SMILES string of the molecule is CCCCC(CCC)NCC(C)C#N. The molecule has 0 bridgehead atoms. The summed E-state index contributed by atoms with van der Waals surface area (Å²) in [6, 6.07) is 2.88. The molecule has 0 spiro atoms. The first-order chi connectivity index (χ1) is 6.74. The molecule has 0 aromatic rings. The molecule has 1 N–H and O–H groups in total. The van der Waals surface area contributed by atoms with Crippen molar-refractivity contribution in [2.75, 3.05) is 6.54 Å². The molecule has 0 aliphatic heterocycles. The van der Waals surface area contributed by atoms with Crippen LogP contribution in [0, 0.1) is 17.2 Å². The van der Waals surface area contributed by atoms with Gasteiger partial charge in [-0.25, -0.2) is 0 Å². The minimum atomic E-state index is 0.135. The van der Waals surface area contributed by atoms with Crippen LogP contribution in [0.4, 0.5) is 0 Å². The summed E-state index contributed by atoms with van der Waals surface area (Å²) in [5.74, 6) is 0.135. The van der Waals surface area contributed by atoms with Gasteiger partial charge in [-0.2, -0.15) is 5.26 Å². The Labute approximate surface area is 88.7 Å². The normalized spacial score (nSPS) is 14.7. The molecule has 0 saturated carbocycles. The first-order valence-electron chi connectivity index (χ1n) is 5.87. The summed E-state index contributed by atoms with van der Waals surface area (Å²) in [5.41, 5.74) is 0. The van der Waals surface area contributed by atoms with Crippen LogP contribution in [0.3, 0.4) is 0 Å². The molecule has 0 rings (SSSR count). The molecule has 2 atom stereocenters. The van der Waals surface area contributed by atoms with Crippen molar-refractivity contribution >= 4 is 0 Å². The van der Waals surface area contributed by atoms with Crippen LogP contribution < -0.4 is 5.32 Å². The van der Waals surface area contributed by atoms with E-state index in [-0.39, 0.29) is 5.92 Å². The molecule has 0 aromatic heterocycles. The fourth-order valence-electron chi connectivity index (χ4n) is 1.54. The van der Waals surface area contributed by atoms with Crippen LogP contribution in [0.15, 0.2) is 0 Å². The van der Waals surface area contributed by atoms with Crippen LogP contribution in [-0.4, -0.2) is 12.6 Å². The zero-order valence-electron chi connectivity index (χ0n) is 9.84. The van der Waals surface area contributed by atoms with Gasteiger partial charge in [0.25, 0.3) is 0 Å². The van der Waals surface area contributed by atoms with Gasteiger partial charge in [0.2, 0.25) is 0 Å². The quantitative estimate of drug-likeness (QED) is 0.647. The van der Waals surface area contributed by atoms with Crippen LogP contribution in [0.2, 0.25) is 0 Å². The Kier molecular flexibility index (Phi) is 8.67. The van der Waals surface area contributed by atoms with Gasteiger partial charge >= 0.3 is 0 Å². The van der Waals surface area contributed by atoms with Gasteiger partial charge < -0.3 is 5.32 Å². The topological polar surface area (TPSA) is 35.8 Å². The van der Waals surface area contributed by atoms with Crippen LogP contribution in [-0.2, 0) is 0 Å². The van der Waals surface area contributed by atoms with E-state index in [0.29, 0.717) is 6.04 Å². The van der Waals surface area contributed by atoms with E-state index in [1.807, 2.05) is 6.92 Å². The maximum atomic E-state index is 8.66. The zero-order chi connectivity index (χ0) is 10.8. The van der Waals surface area contributed by atoms with E-state index in [0.717, 1.165) is 6.54 Å². The Hall–Kier alpha value is -0.550. The minimum absolute atomic E-state index is 0.135. The first kappa shape index (κ1) is 13.4. The van der Waals surface area contributed by atoms with Gasteiger partial charge in [-0.05, 0) is 19.8 Å². The molecular formula is C12H24N2. The van der Waals surface area contributed by atoms with Crippen molar-refractivity contribution in [3.8, 4) is 6.07 Å². The minimum Gasteiger partial charge on any atom is -0.313 e. The summed E-state index contributed by atoms with van der Waals surface area (Å²) in [5, 5.41) is 12.1. The molecule has 0 aliphatic carbocycles. The molecule has 2 nitrogen and oxygen atoms in total. The number of hydrogen-bond donors (Lipinski definition) is 1. The summed E-state index contributed by atoms with van der Waals surface area (Å²) in [7, 11) is 0. The molecule has 0 fully saturated rings. The van der Waals surface area contributed by atoms with Crippen LogP contribution >= 0.6 is 0 Å². The highest BCUT2D eigenvalue weighted by Gasteiger charge is 2.07. The molecule has 0 heterocycles. The van der Waals surface area contributed by atoms with Gasteiger partial charge in [0, 0.05) is 12.6 Å². The van der Waals surface area contributed by atoms with E-state index in [9.17, 15) is 0 Å². The van der Waals surface area contributed by atoms with Crippen molar-refractivity contribution < 1.29 is 0 Å². The van der Waals surface area contributed by atoms with Gasteiger partial charge in [0.15, 0.2) is 0 Å². The predicted octanol–water partition coefficient (Wildman–Crippen LogP) is 3.09. The Morgan fingerprint density at radius 3 is 2.43 bits per heavy atom. The summed E-state index contributed by atoms with van der Waals surface area (Å²) in [6.07, 6.45) is 6.26. The first-order valence-corrected chi connectivity index (χ1v) is 5.87. The van der Waals surface area contributed by atoms with Gasteiger partial charge in [-0.1, -0.05) is 33.1 Å². The Balaban J connectivity index is 3.67.